The third-order valence-corrected chi connectivity index (χ3v) is 4.58. The Balaban J connectivity index is 1.33. The van der Waals surface area contributed by atoms with Gasteiger partial charge in [0.25, 0.3) is 0 Å². The molecule has 3 heterocycles. The molecule has 5 aromatic rings. The lowest BCUT2D eigenvalue weighted by atomic mass is 10.1. The van der Waals surface area contributed by atoms with E-state index in [0.717, 1.165) is 27.9 Å². The van der Waals surface area contributed by atoms with Crippen molar-refractivity contribution in [1.29, 1.82) is 0 Å². The van der Waals surface area contributed by atoms with Gasteiger partial charge >= 0.3 is 0 Å². The molecule has 0 saturated heterocycles. The van der Waals surface area contributed by atoms with Gasteiger partial charge in [-0.15, -0.1) is 0 Å². The fourth-order valence-electron chi connectivity index (χ4n) is 3.24. The molecule has 2 aromatic carbocycles. The maximum atomic E-state index is 4.58. The van der Waals surface area contributed by atoms with Crippen molar-refractivity contribution in [3.63, 3.8) is 0 Å². The number of fused-ring (bicyclic) bond motifs is 2. The monoisotopic (exact) mass is 354 g/mol. The normalized spacial score (nSPS) is 11.1. The van der Waals surface area contributed by atoms with Crippen LogP contribution in [0.1, 0.15) is 5.56 Å². The van der Waals surface area contributed by atoms with Crippen LogP contribution in [-0.2, 0) is 6.54 Å². The van der Waals surface area contributed by atoms with E-state index in [4.69, 9.17) is 0 Å². The molecular weight excluding hydrogens is 336 g/mol. The molecular formula is C21H18N6. The number of aromatic nitrogens is 4. The van der Waals surface area contributed by atoms with Crippen LogP contribution in [-0.4, -0.2) is 19.9 Å². The first kappa shape index (κ1) is 15.5. The van der Waals surface area contributed by atoms with Crippen LogP contribution in [0.2, 0.25) is 0 Å². The number of rotatable bonds is 5. The summed E-state index contributed by atoms with van der Waals surface area (Å²) in [4.78, 5) is 15.3. The van der Waals surface area contributed by atoms with Gasteiger partial charge in [-0.3, -0.25) is 0 Å². The zero-order valence-electron chi connectivity index (χ0n) is 14.5. The van der Waals surface area contributed by atoms with Crippen LogP contribution in [0.3, 0.4) is 0 Å². The average Bonchev–Trinajstić information content (AvgIpc) is 3.36. The first-order chi connectivity index (χ1) is 13.3. The molecule has 27 heavy (non-hydrogen) atoms. The Labute approximate surface area is 155 Å². The van der Waals surface area contributed by atoms with Crippen molar-refractivity contribution >= 4 is 39.3 Å². The van der Waals surface area contributed by atoms with Crippen molar-refractivity contribution in [2.45, 2.75) is 6.54 Å². The van der Waals surface area contributed by atoms with E-state index in [0.29, 0.717) is 12.5 Å². The minimum Gasteiger partial charge on any atom is -0.361 e. The topological polar surface area (TPSA) is 81.4 Å². The number of nitrogens with one attached hydrogen (secondary N) is 4. The number of hydrogen-bond donors (Lipinski definition) is 4. The number of nitrogens with zero attached hydrogens (tertiary/aromatic N) is 2. The first-order valence-corrected chi connectivity index (χ1v) is 8.81. The molecule has 4 N–H and O–H groups in total. The largest absolute Gasteiger partial charge is 0.361 e. The molecule has 0 spiro atoms. The predicted octanol–water partition coefficient (Wildman–Crippen LogP) is 4.79. The Morgan fingerprint density at radius 2 is 1.81 bits per heavy atom. The summed E-state index contributed by atoms with van der Waals surface area (Å²) in [5, 5.41) is 9.00. The lowest BCUT2D eigenvalue weighted by Crippen LogP contribution is -2.05. The summed E-state index contributed by atoms with van der Waals surface area (Å²) in [6.07, 6.45) is 5.64. The summed E-state index contributed by atoms with van der Waals surface area (Å²) in [7, 11) is 0. The fraction of sp³-hybridized carbons (Fsp3) is 0.0476. The predicted molar refractivity (Wildman–Crippen MR) is 109 cm³/mol. The second-order valence-corrected chi connectivity index (χ2v) is 6.39. The third-order valence-electron chi connectivity index (χ3n) is 4.58. The zero-order chi connectivity index (χ0) is 18.1. The van der Waals surface area contributed by atoms with Gasteiger partial charge in [-0.25, -0.2) is 4.98 Å². The Morgan fingerprint density at radius 1 is 0.889 bits per heavy atom. The van der Waals surface area contributed by atoms with Crippen LogP contribution >= 0.6 is 0 Å². The number of benzene rings is 2. The smallest absolute Gasteiger partial charge is 0.224 e. The third kappa shape index (κ3) is 3.08. The summed E-state index contributed by atoms with van der Waals surface area (Å²) in [6.45, 7) is 0.665. The Hall–Kier alpha value is -3.80. The van der Waals surface area contributed by atoms with Gasteiger partial charge in [-0.1, -0.05) is 12.1 Å². The molecule has 0 aliphatic rings. The van der Waals surface area contributed by atoms with E-state index in [2.05, 4.69) is 67.0 Å². The highest BCUT2D eigenvalue weighted by atomic mass is 15.1. The molecule has 0 atom stereocenters. The number of H-pyrrole nitrogens is 2. The molecule has 0 saturated carbocycles. The Bertz CT molecular complexity index is 1220. The van der Waals surface area contributed by atoms with Crippen LogP contribution < -0.4 is 10.6 Å². The van der Waals surface area contributed by atoms with Crippen molar-refractivity contribution in [2.24, 2.45) is 0 Å². The van der Waals surface area contributed by atoms with Crippen LogP contribution in [0.15, 0.2) is 73.2 Å². The van der Waals surface area contributed by atoms with E-state index in [9.17, 15) is 0 Å². The maximum Gasteiger partial charge on any atom is 0.224 e. The Kier molecular flexibility index (Phi) is 3.72. The molecule has 0 bridgehead atoms. The number of hydrogen-bond acceptors (Lipinski definition) is 4. The van der Waals surface area contributed by atoms with Crippen LogP contribution in [0, 0.1) is 0 Å². The first-order valence-electron chi connectivity index (χ1n) is 8.81. The van der Waals surface area contributed by atoms with Crippen LogP contribution in [0.5, 0.6) is 0 Å². The van der Waals surface area contributed by atoms with E-state index >= 15 is 0 Å². The quantitative estimate of drug-likeness (QED) is 0.366. The highest BCUT2D eigenvalue weighted by Gasteiger charge is 2.05. The van der Waals surface area contributed by atoms with Gasteiger partial charge in [0.2, 0.25) is 5.95 Å². The summed E-state index contributed by atoms with van der Waals surface area (Å²) in [6, 6.07) is 18.4. The molecule has 0 aliphatic carbocycles. The summed E-state index contributed by atoms with van der Waals surface area (Å²) in [5.74, 6) is 1.35. The highest BCUT2D eigenvalue weighted by Crippen LogP contribution is 2.25. The molecule has 3 aromatic heterocycles. The molecule has 0 amide bonds. The maximum absolute atomic E-state index is 4.58. The molecule has 0 fully saturated rings. The van der Waals surface area contributed by atoms with Gasteiger partial charge in [-0.05, 0) is 53.4 Å². The standard InChI is InChI=1S/C21H18N6/c1-2-18-16(7-10-23-18)19(3-1)26-20-8-11-24-21(27-20)25-13-14-4-5-17-15(12-14)6-9-22-17/h1-12,22-23H,13H2,(H2,24,25,26,27). The van der Waals surface area contributed by atoms with Gasteiger partial charge in [-0.2, -0.15) is 4.98 Å². The minimum absolute atomic E-state index is 0.593. The summed E-state index contributed by atoms with van der Waals surface area (Å²) >= 11 is 0. The molecule has 0 aliphatic heterocycles. The van der Waals surface area contributed by atoms with Crippen molar-refractivity contribution in [2.75, 3.05) is 10.6 Å². The SMILES string of the molecule is c1cc(Nc2ccnc(NCc3ccc4[nH]ccc4c3)n2)c2cc[nH]c2c1. The van der Waals surface area contributed by atoms with Gasteiger partial charge in [0.1, 0.15) is 5.82 Å². The molecule has 6 heteroatoms. The second kappa shape index (κ2) is 6.49. The molecule has 132 valence electrons. The average molecular weight is 354 g/mol. The second-order valence-electron chi connectivity index (χ2n) is 6.39. The summed E-state index contributed by atoms with van der Waals surface area (Å²) < 4.78 is 0. The summed E-state index contributed by atoms with van der Waals surface area (Å²) in [5.41, 5.74) is 4.42. The fourth-order valence-corrected chi connectivity index (χ4v) is 3.24. The van der Waals surface area contributed by atoms with Crippen molar-refractivity contribution in [1.82, 2.24) is 19.9 Å². The highest BCUT2D eigenvalue weighted by molar-refractivity contribution is 5.93. The number of anilines is 3. The van der Waals surface area contributed by atoms with Gasteiger partial charge in [0.15, 0.2) is 0 Å². The van der Waals surface area contributed by atoms with Crippen molar-refractivity contribution in [3.05, 3.63) is 78.8 Å². The lowest BCUT2D eigenvalue weighted by Gasteiger charge is -2.09. The van der Waals surface area contributed by atoms with Gasteiger partial charge < -0.3 is 20.6 Å². The van der Waals surface area contributed by atoms with Gasteiger partial charge in [0, 0.05) is 47.2 Å². The van der Waals surface area contributed by atoms with Gasteiger partial charge in [0.05, 0.1) is 0 Å². The van der Waals surface area contributed by atoms with Crippen molar-refractivity contribution < 1.29 is 0 Å². The van der Waals surface area contributed by atoms with Crippen LogP contribution in [0.4, 0.5) is 17.5 Å². The van der Waals surface area contributed by atoms with Crippen molar-refractivity contribution in [3.8, 4) is 0 Å². The lowest BCUT2D eigenvalue weighted by molar-refractivity contribution is 1.06. The molecule has 6 nitrogen and oxygen atoms in total. The van der Waals surface area contributed by atoms with E-state index in [1.54, 1.807) is 6.20 Å². The zero-order valence-corrected chi connectivity index (χ0v) is 14.5. The Morgan fingerprint density at radius 3 is 2.81 bits per heavy atom. The molecule has 0 radical (unpaired) electrons. The van der Waals surface area contributed by atoms with E-state index in [1.807, 2.05) is 30.6 Å². The molecule has 0 unspecified atom stereocenters. The number of aromatic amines is 2. The van der Waals surface area contributed by atoms with E-state index in [1.165, 1.54) is 10.9 Å². The van der Waals surface area contributed by atoms with E-state index < -0.39 is 0 Å². The molecule has 5 rings (SSSR count). The van der Waals surface area contributed by atoms with E-state index in [-0.39, 0.29) is 0 Å². The minimum atomic E-state index is 0.593. The van der Waals surface area contributed by atoms with Crippen LogP contribution in [0.25, 0.3) is 21.8 Å².